The van der Waals surface area contributed by atoms with Crippen LogP contribution in [-0.4, -0.2) is 42.5 Å². The third kappa shape index (κ3) is 7.39. The predicted molar refractivity (Wildman–Crippen MR) is 102 cm³/mol. The molecule has 1 atom stereocenters. The summed E-state index contributed by atoms with van der Waals surface area (Å²) in [5.41, 5.74) is 1.21. The number of nitrogens with one attached hydrogen (secondary N) is 2. The van der Waals surface area contributed by atoms with Gasteiger partial charge in [0.05, 0.1) is 6.10 Å². The molecule has 0 aliphatic heterocycles. The molecule has 0 aliphatic rings. The molecule has 0 spiro atoms. The summed E-state index contributed by atoms with van der Waals surface area (Å²) in [6.45, 7) is 5.41. The van der Waals surface area contributed by atoms with Gasteiger partial charge >= 0.3 is 0 Å². The minimum absolute atomic E-state index is 0.126. The van der Waals surface area contributed by atoms with Gasteiger partial charge in [0.2, 0.25) is 0 Å². The SMILES string of the molecule is CN=C(NCCCOC(C)c1ccccc1)NCCCn1cccn1. The molecule has 1 unspecified atom stereocenters. The van der Waals surface area contributed by atoms with E-state index in [0.717, 1.165) is 45.0 Å². The molecule has 1 aromatic heterocycles. The van der Waals surface area contributed by atoms with Gasteiger partial charge in [0.25, 0.3) is 0 Å². The number of aromatic nitrogens is 2. The van der Waals surface area contributed by atoms with Crippen LogP contribution in [-0.2, 0) is 11.3 Å². The zero-order valence-corrected chi connectivity index (χ0v) is 15.2. The molecule has 0 fully saturated rings. The maximum absolute atomic E-state index is 5.87. The fourth-order valence-electron chi connectivity index (χ4n) is 2.46. The van der Waals surface area contributed by atoms with E-state index in [-0.39, 0.29) is 6.10 Å². The third-order valence-corrected chi connectivity index (χ3v) is 3.89. The van der Waals surface area contributed by atoms with Crippen molar-refractivity contribution in [3.8, 4) is 0 Å². The Morgan fingerprint density at radius 3 is 2.60 bits per heavy atom. The Morgan fingerprint density at radius 1 is 1.16 bits per heavy atom. The van der Waals surface area contributed by atoms with Crippen molar-refractivity contribution in [2.24, 2.45) is 4.99 Å². The van der Waals surface area contributed by atoms with Crippen molar-refractivity contribution in [1.82, 2.24) is 20.4 Å². The second-order valence-electron chi connectivity index (χ2n) is 5.83. The maximum atomic E-state index is 5.87. The van der Waals surface area contributed by atoms with Gasteiger partial charge in [-0.2, -0.15) is 5.10 Å². The minimum Gasteiger partial charge on any atom is -0.374 e. The lowest BCUT2D eigenvalue weighted by Gasteiger charge is -2.15. The van der Waals surface area contributed by atoms with Gasteiger partial charge in [0.1, 0.15) is 0 Å². The van der Waals surface area contributed by atoms with Gasteiger partial charge in [-0.3, -0.25) is 9.67 Å². The van der Waals surface area contributed by atoms with Crippen molar-refractivity contribution in [1.29, 1.82) is 0 Å². The van der Waals surface area contributed by atoms with Crippen LogP contribution in [0.25, 0.3) is 0 Å². The predicted octanol–water partition coefficient (Wildman–Crippen LogP) is 2.61. The summed E-state index contributed by atoms with van der Waals surface area (Å²) in [4.78, 5) is 4.23. The molecule has 0 aliphatic carbocycles. The van der Waals surface area contributed by atoms with E-state index < -0.39 is 0 Å². The number of nitrogens with zero attached hydrogens (tertiary/aromatic N) is 3. The molecule has 0 radical (unpaired) electrons. The Balaban J connectivity index is 1.52. The summed E-state index contributed by atoms with van der Waals surface area (Å²) in [7, 11) is 1.79. The average molecular weight is 343 g/mol. The van der Waals surface area contributed by atoms with E-state index in [2.05, 4.69) is 39.8 Å². The maximum Gasteiger partial charge on any atom is 0.190 e. The van der Waals surface area contributed by atoms with Crippen LogP contribution in [0, 0.1) is 0 Å². The van der Waals surface area contributed by atoms with Gasteiger partial charge in [-0.05, 0) is 31.4 Å². The Labute approximate surface area is 150 Å². The van der Waals surface area contributed by atoms with Crippen LogP contribution in [0.4, 0.5) is 0 Å². The fraction of sp³-hybridized carbons (Fsp3) is 0.474. The standard InChI is InChI=1S/C19H29N5O/c1-17(18-9-4-3-5-10-18)25-16-8-12-22-19(20-2)21-11-6-14-24-15-7-13-23-24/h3-5,7,9-10,13,15,17H,6,8,11-12,14,16H2,1-2H3,(H2,20,21,22). The van der Waals surface area contributed by atoms with Crippen molar-refractivity contribution >= 4 is 5.96 Å². The molecule has 1 heterocycles. The van der Waals surface area contributed by atoms with Crippen LogP contribution in [0.2, 0.25) is 0 Å². The molecule has 0 bridgehead atoms. The highest BCUT2D eigenvalue weighted by Gasteiger charge is 2.04. The summed E-state index contributed by atoms with van der Waals surface area (Å²) in [5, 5.41) is 10.8. The Bertz CT molecular complexity index is 598. The Kier molecular flexibility index (Phi) is 8.55. The number of aryl methyl sites for hydroxylation is 1. The quantitative estimate of drug-likeness (QED) is 0.395. The molecule has 25 heavy (non-hydrogen) atoms. The zero-order valence-electron chi connectivity index (χ0n) is 15.2. The summed E-state index contributed by atoms with van der Waals surface area (Å²) < 4.78 is 7.81. The first-order valence-electron chi connectivity index (χ1n) is 8.88. The van der Waals surface area contributed by atoms with E-state index in [1.54, 1.807) is 13.2 Å². The summed E-state index contributed by atoms with van der Waals surface area (Å²) in [6, 6.07) is 12.2. The second-order valence-corrected chi connectivity index (χ2v) is 5.83. The lowest BCUT2D eigenvalue weighted by atomic mass is 10.1. The molecule has 6 heteroatoms. The van der Waals surface area contributed by atoms with Gasteiger partial charge in [-0.25, -0.2) is 0 Å². The Morgan fingerprint density at radius 2 is 1.92 bits per heavy atom. The molecule has 0 saturated carbocycles. The first-order chi connectivity index (χ1) is 12.3. The number of rotatable bonds is 10. The van der Waals surface area contributed by atoms with E-state index in [1.807, 2.05) is 35.1 Å². The van der Waals surface area contributed by atoms with E-state index in [4.69, 9.17) is 4.74 Å². The average Bonchev–Trinajstić information content (AvgIpc) is 3.17. The van der Waals surface area contributed by atoms with Crippen LogP contribution in [0.5, 0.6) is 0 Å². The first-order valence-corrected chi connectivity index (χ1v) is 8.88. The lowest BCUT2D eigenvalue weighted by Crippen LogP contribution is -2.38. The second kappa shape index (κ2) is 11.3. The molecule has 2 aromatic rings. The van der Waals surface area contributed by atoms with Gasteiger partial charge < -0.3 is 15.4 Å². The van der Waals surface area contributed by atoms with Gasteiger partial charge in [-0.1, -0.05) is 30.3 Å². The number of benzene rings is 1. The van der Waals surface area contributed by atoms with Gasteiger partial charge in [0.15, 0.2) is 5.96 Å². The van der Waals surface area contributed by atoms with Crippen molar-refractivity contribution in [2.75, 3.05) is 26.7 Å². The highest BCUT2D eigenvalue weighted by Crippen LogP contribution is 2.15. The van der Waals surface area contributed by atoms with Crippen molar-refractivity contribution in [3.63, 3.8) is 0 Å². The van der Waals surface area contributed by atoms with E-state index in [0.29, 0.717) is 0 Å². The monoisotopic (exact) mass is 343 g/mol. The summed E-state index contributed by atoms with van der Waals surface area (Å²) in [5.74, 6) is 0.830. The van der Waals surface area contributed by atoms with E-state index in [9.17, 15) is 0 Å². The number of ether oxygens (including phenoxy) is 1. The molecule has 0 saturated heterocycles. The minimum atomic E-state index is 0.126. The van der Waals surface area contributed by atoms with E-state index in [1.165, 1.54) is 5.56 Å². The molecule has 2 N–H and O–H groups in total. The number of hydrogen-bond donors (Lipinski definition) is 2. The smallest absolute Gasteiger partial charge is 0.190 e. The van der Waals surface area contributed by atoms with Crippen LogP contribution in [0.3, 0.4) is 0 Å². The zero-order chi connectivity index (χ0) is 17.7. The van der Waals surface area contributed by atoms with Crippen LogP contribution >= 0.6 is 0 Å². The first kappa shape index (κ1) is 19.0. The van der Waals surface area contributed by atoms with Gasteiger partial charge in [-0.15, -0.1) is 0 Å². The van der Waals surface area contributed by atoms with Crippen LogP contribution in [0.1, 0.15) is 31.4 Å². The highest BCUT2D eigenvalue weighted by molar-refractivity contribution is 5.79. The van der Waals surface area contributed by atoms with Gasteiger partial charge in [0, 0.05) is 45.7 Å². The number of guanidine groups is 1. The molecular formula is C19H29N5O. The number of hydrogen-bond acceptors (Lipinski definition) is 3. The van der Waals surface area contributed by atoms with Crippen LogP contribution < -0.4 is 10.6 Å². The molecule has 2 rings (SSSR count). The van der Waals surface area contributed by atoms with Crippen molar-refractivity contribution < 1.29 is 4.74 Å². The van der Waals surface area contributed by atoms with Crippen molar-refractivity contribution in [3.05, 3.63) is 54.4 Å². The Hall–Kier alpha value is -2.34. The largest absolute Gasteiger partial charge is 0.374 e. The topological polar surface area (TPSA) is 63.5 Å². The normalized spacial score (nSPS) is 12.8. The lowest BCUT2D eigenvalue weighted by molar-refractivity contribution is 0.0646. The third-order valence-electron chi connectivity index (χ3n) is 3.89. The molecule has 136 valence electrons. The fourth-order valence-corrected chi connectivity index (χ4v) is 2.46. The number of aliphatic imine (C=N–C) groups is 1. The van der Waals surface area contributed by atoms with Crippen molar-refractivity contribution in [2.45, 2.75) is 32.4 Å². The highest BCUT2D eigenvalue weighted by atomic mass is 16.5. The molecule has 1 aromatic carbocycles. The molecule has 6 nitrogen and oxygen atoms in total. The summed E-state index contributed by atoms with van der Waals surface area (Å²) >= 11 is 0. The van der Waals surface area contributed by atoms with E-state index >= 15 is 0 Å². The van der Waals surface area contributed by atoms with Crippen LogP contribution in [0.15, 0.2) is 53.8 Å². The molecule has 0 amide bonds. The summed E-state index contributed by atoms with van der Waals surface area (Å²) in [6.07, 6.45) is 5.84. The molecular weight excluding hydrogens is 314 g/mol.